The summed E-state index contributed by atoms with van der Waals surface area (Å²) in [6.45, 7) is 3.99. The molecule has 0 spiro atoms. The molecule has 0 atom stereocenters. The van der Waals surface area contributed by atoms with Crippen LogP contribution in [0.3, 0.4) is 0 Å². The van der Waals surface area contributed by atoms with Crippen molar-refractivity contribution in [1.29, 1.82) is 0 Å². The number of aliphatic hydroxyl groups excluding tert-OH is 1. The van der Waals surface area contributed by atoms with E-state index in [-0.39, 0.29) is 12.1 Å². The molecule has 0 unspecified atom stereocenters. The Morgan fingerprint density at radius 1 is 1.14 bits per heavy atom. The third-order valence-corrected chi connectivity index (χ3v) is 5.51. The number of nitrogens with one attached hydrogen (secondary N) is 1. The van der Waals surface area contributed by atoms with Gasteiger partial charge in [-0.05, 0) is 51.2 Å². The van der Waals surface area contributed by atoms with Crippen LogP contribution in [0.15, 0.2) is 24.8 Å². The lowest BCUT2D eigenvalue weighted by molar-refractivity contribution is 0.109. The van der Waals surface area contributed by atoms with Crippen molar-refractivity contribution in [2.75, 3.05) is 5.32 Å². The molecule has 1 saturated carbocycles. The van der Waals surface area contributed by atoms with Gasteiger partial charge in [-0.15, -0.1) is 0 Å². The predicted octanol–water partition coefficient (Wildman–Crippen LogP) is 2.71. The Labute approximate surface area is 161 Å². The smallest absolute Gasteiger partial charge is 0.229 e. The van der Waals surface area contributed by atoms with Crippen molar-refractivity contribution in [1.82, 2.24) is 34.3 Å². The number of rotatable bonds is 3. The Hall–Kier alpha value is -3.07. The summed E-state index contributed by atoms with van der Waals surface area (Å²) < 4.78 is 3.73. The average Bonchev–Trinajstić information content (AvgIpc) is 3.27. The number of aryl methyl sites for hydroxylation is 2. The number of aliphatic hydroxyl groups is 1. The van der Waals surface area contributed by atoms with E-state index < -0.39 is 0 Å². The van der Waals surface area contributed by atoms with Crippen molar-refractivity contribution in [2.24, 2.45) is 0 Å². The third-order valence-electron chi connectivity index (χ3n) is 5.51. The zero-order valence-electron chi connectivity index (χ0n) is 15.9. The van der Waals surface area contributed by atoms with E-state index in [9.17, 15) is 5.11 Å². The maximum absolute atomic E-state index is 9.81. The van der Waals surface area contributed by atoms with E-state index in [0.29, 0.717) is 5.95 Å². The van der Waals surface area contributed by atoms with Crippen LogP contribution in [-0.4, -0.2) is 45.6 Å². The quantitative estimate of drug-likeness (QED) is 0.564. The first kappa shape index (κ1) is 17.1. The Morgan fingerprint density at radius 3 is 2.79 bits per heavy atom. The first-order valence-corrected chi connectivity index (χ1v) is 9.55. The average molecular weight is 378 g/mol. The molecular formula is C19H22N8O. The van der Waals surface area contributed by atoms with Crippen LogP contribution in [0.2, 0.25) is 0 Å². The molecule has 4 heterocycles. The highest BCUT2D eigenvalue weighted by atomic mass is 16.3. The molecule has 28 heavy (non-hydrogen) atoms. The molecular weight excluding hydrogens is 356 g/mol. The minimum Gasteiger partial charge on any atom is -0.393 e. The van der Waals surface area contributed by atoms with Crippen LogP contribution in [-0.2, 0) is 0 Å². The summed E-state index contributed by atoms with van der Waals surface area (Å²) in [5.74, 6) is 0.520. The van der Waals surface area contributed by atoms with Crippen molar-refractivity contribution in [3.05, 3.63) is 36.0 Å². The molecule has 9 heteroatoms. The van der Waals surface area contributed by atoms with Crippen LogP contribution in [0.1, 0.15) is 43.0 Å². The molecule has 0 aliphatic heterocycles. The van der Waals surface area contributed by atoms with Gasteiger partial charge in [0.05, 0.1) is 35.1 Å². The van der Waals surface area contributed by atoms with E-state index in [0.717, 1.165) is 59.3 Å². The fourth-order valence-corrected chi connectivity index (χ4v) is 3.89. The van der Waals surface area contributed by atoms with E-state index in [1.165, 1.54) is 6.33 Å². The normalized spacial score (nSPS) is 20.1. The van der Waals surface area contributed by atoms with Crippen molar-refractivity contribution < 1.29 is 5.11 Å². The molecule has 9 nitrogen and oxygen atoms in total. The topological polar surface area (TPSA) is 106 Å². The molecule has 144 valence electrons. The molecule has 0 aromatic carbocycles. The standard InChI is InChI=1S/C19H22N8O/c1-11-7-17-21-10-22-26(17)9-16(11)23-19-20-8-15-12(2)25-27(18(15)24-19)13-3-5-14(28)6-4-13/h7-10,13-14,28H,3-6H2,1-2H3,(H,20,23,24)/t13-,14-. The van der Waals surface area contributed by atoms with Gasteiger partial charge in [-0.1, -0.05) is 0 Å². The zero-order chi connectivity index (χ0) is 19.3. The summed E-state index contributed by atoms with van der Waals surface area (Å²) in [5.41, 5.74) is 4.47. The Balaban J connectivity index is 1.51. The molecule has 1 aliphatic rings. The lowest BCUT2D eigenvalue weighted by Gasteiger charge is -2.25. The number of anilines is 2. The fraction of sp³-hybridized carbons (Fsp3) is 0.421. The monoisotopic (exact) mass is 378 g/mol. The Morgan fingerprint density at radius 2 is 1.96 bits per heavy atom. The van der Waals surface area contributed by atoms with Gasteiger partial charge >= 0.3 is 0 Å². The van der Waals surface area contributed by atoms with Gasteiger partial charge in [0, 0.05) is 6.20 Å². The summed E-state index contributed by atoms with van der Waals surface area (Å²) in [4.78, 5) is 13.4. The number of aromatic nitrogens is 7. The summed E-state index contributed by atoms with van der Waals surface area (Å²) in [6, 6.07) is 2.23. The molecule has 0 saturated heterocycles. The van der Waals surface area contributed by atoms with Crippen LogP contribution in [0, 0.1) is 13.8 Å². The van der Waals surface area contributed by atoms with Gasteiger partial charge in [0.1, 0.15) is 6.33 Å². The number of pyridine rings is 1. The number of hydrogen-bond acceptors (Lipinski definition) is 7. The van der Waals surface area contributed by atoms with E-state index in [1.54, 1.807) is 4.52 Å². The third kappa shape index (κ3) is 2.88. The Bertz CT molecular complexity index is 1160. The largest absolute Gasteiger partial charge is 0.393 e. The predicted molar refractivity (Wildman–Crippen MR) is 105 cm³/mol. The second kappa shape index (κ2) is 6.52. The first-order valence-electron chi connectivity index (χ1n) is 9.55. The highest BCUT2D eigenvalue weighted by Crippen LogP contribution is 2.31. The van der Waals surface area contributed by atoms with Crippen molar-refractivity contribution in [3.63, 3.8) is 0 Å². The molecule has 0 radical (unpaired) electrons. The van der Waals surface area contributed by atoms with E-state index >= 15 is 0 Å². The van der Waals surface area contributed by atoms with E-state index in [4.69, 9.17) is 10.1 Å². The second-order valence-electron chi connectivity index (χ2n) is 7.48. The highest BCUT2D eigenvalue weighted by molar-refractivity contribution is 5.79. The van der Waals surface area contributed by atoms with E-state index in [1.807, 2.05) is 37.0 Å². The van der Waals surface area contributed by atoms with Crippen LogP contribution >= 0.6 is 0 Å². The molecule has 0 amide bonds. The van der Waals surface area contributed by atoms with Crippen LogP contribution in [0.4, 0.5) is 11.6 Å². The molecule has 2 N–H and O–H groups in total. The highest BCUT2D eigenvalue weighted by Gasteiger charge is 2.24. The summed E-state index contributed by atoms with van der Waals surface area (Å²) in [6.07, 6.45) is 8.47. The molecule has 1 fully saturated rings. The summed E-state index contributed by atoms with van der Waals surface area (Å²) >= 11 is 0. The molecule has 1 aliphatic carbocycles. The Kier molecular flexibility index (Phi) is 3.97. The van der Waals surface area contributed by atoms with Gasteiger partial charge in [0.2, 0.25) is 5.95 Å². The van der Waals surface area contributed by atoms with Crippen LogP contribution < -0.4 is 5.32 Å². The number of nitrogens with zero attached hydrogens (tertiary/aromatic N) is 7. The van der Waals surface area contributed by atoms with E-state index in [2.05, 4.69) is 20.4 Å². The minimum atomic E-state index is -0.194. The first-order chi connectivity index (χ1) is 13.6. The van der Waals surface area contributed by atoms with Crippen molar-refractivity contribution >= 4 is 28.3 Å². The van der Waals surface area contributed by atoms with Gasteiger partial charge < -0.3 is 10.4 Å². The molecule has 4 aromatic heterocycles. The lowest BCUT2D eigenvalue weighted by atomic mass is 9.93. The number of hydrogen-bond donors (Lipinski definition) is 2. The fourth-order valence-electron chi connectivity index (χ4n) is 3.89. The molecule has 0 bridgehead atoms. The molecule has 5 rings (SSSR count). The van der Waals surface area contributed by atoms with Crippen molar-refractivity contribution in [3.8, 4) is 0 Å². The van der Waals surface area contributed by atoms with Gasteiger partial charge in [-0.3, -0.25) is 0 Å². The number of fused-ring (bicyclic) bond motifs is 2. The van der Waals surface area contributed by atoms with Crippen molar-refractivity contribution in [2.45, 2.75) is 51.7 Å². The summed E-state index contributed by atoms with van der Waals surface area (Å²) in [5, 5.41) is 23.0. The lowest BCUT2D eigenvalue weighted by Crippen LogP contribution is -2.22. The maximum Gasteiger partial charge on any atom is 0.229 e. The molecule has 4 aromatic rings. The van der Waals surface area contributed by atoms with Crippen LogP contribution in [0.25, 0.3) is 16.7 Å². The van der Waals surface area contributed by atoms with Gasteiger partial charge in [-0.25, -0.2) is 19.2 Å². The van der Waals surface area contributed by atoms with Gasteiger partial charge in [-0.2, -0.15) is 15.2 Å². The van der Waals surface area contributed by atoms with Gasteiger partial charge in [0.25, 0.3) is 0 Å². The second-order valence-corrected chi connectivity index (χ2v) is 7.48. The zero-order valence-corrected chi connectivity index (χ0v) is 15.9. The van der Waals surface area contributed by atoms with Crippen LogP contribution in [0.5, 0.6) is 0 Å². The minimum absolute atomic E-state index is 0.194. The summed E-state index contributed by atoms with van der Waals surface area (Å²) in [7, 11) is 0. The maximum atomic E-state index is 9.81. The van der Waals surface area contributed by atoms with Gasteiger partial charge in [0.15, 0.2) is 11.3 Å². The SMILES string of the molecule is Cc1cc2ncnn2cc1Nc1ncc2c(C)nn([C@H]3CC[C@H](O)CC3)c2n1.